The Kier molecular flexibility index (Phi) is 9.18. The van der Waals surface area contributed by atoms with Gasteiger partial charge in [-0.3, -0.25) is 21.2 Å². The Morgan fingerprint density at radius 1 is 1.35 bits per heavy atom. The molecule has 0 saturated heterocycles. The number of hydrogen-bond acceptors (Lipinski definition) is 7. The van der Waals surface area contributed by atoms with Crippen LogP contribution >= 0.6 is 24.8 Å². The molecule has 23 heavy (non-hydrogen) atoms. The SMILES string of the molecule is CCNC(=S)N/N=C(C)/C(=N\NC(S)NCC)c1cccnc1. The molecule has 0 aliphatic rings. The lowest BCUT2D eigenvalue weighted by Gasteiger charge is -2.13. The molecule has 1 aromatic rings. The molecule has 4 N–H and O–H groups in total. The first-order valence-electron chi connectivity index (χ1n) is 7.32. The summed E-state index contributed by atoms with van der Waals surface area (Å²) in [6.45, 7) is 7.31. The Morgan fingerprint density at radius 2 is 2.13 bits per heavy atom. The van der Waals surface area contributed by atoms with Crippen molar-refractivity contribution in [3.05, 3.63) is 30.1 Å². The molecule has 9 heteroatoms. The molecule has 0 fully saturated rings. The first kappa shape index (κ1) is 19.3. The van der Waals surface area contributed by atoms with Gasteiger partial charge in [0, 0.05) is 24.5 Å². The number of hydrazone groups is 2. The third-order valence-corrected chi connectivity index (χ3v) is 3.17. The van der Waals surface area contributed by atoms with E-state index in [1.165, 1.54) is 0 Å². The van der Waals surface area contributed by atoms with Gasteiger partial charge in [0.2, 0.25) is 0 Å². The molecule has 0 bridgehead atoms. The van der Waals surface area contributed by atoms with Crippen LogP contribution in [-0.4, -0.2) is 40.1 Å². The van der Waals surface area contributed by atoms with Crippen LogP contribution < -0.4 is 21.5 Å². The van der Waals surface area contributed by atoms with Crippen molar-refractivity contribution in [2.75, 3.05) is 13.1 Å². The molecule has 1 rings (SSSR count). The molecule has 7 nitrogen and oxygen atoms in total. The number of hydrogen-bond donors (Lipinski definition) is 5. The smallest absolute Gasteiger partial charge is 0.186 e. The zero-order valence-electron chi connectivity index (χ0n) is 13.5. The summed E-state index contributed by atoms with van der Waals surface area (Å²) in [4.78, 5) is 4.12. The highest BCUT2D eigenvalue weighted by Crippen LogP contribution is 2.01. The van der Waals surface area contributed by atoms with E-state index < -0.39 is 0 Å². The zero-order chi connectivity index (χ0) is 17.1. The van der Waals surface area contributed by atoms with E-state index in [1.54, 1.807) is 12.4 Å². The fourth-order valence-corrected chi connectivity index (χ4v) is 2.04. The van der Waals surface area contributed by atoms with Crippen LogP contribution in [0.15, 0.2) is 34.7 Å². The summed E-state index contributed by atoms with van der Waals surface area (Å²) in [6.07, 6.45) is 3.43. The van der Waals surface area contributed by atoms with Crippen LogP contribution in [0.2, 0.25) is 0 Å². The van der Waals surface area contributed by atoms with E-state index in [2.05, 4.69) is 49.3 Å². The standard InChI is InChI=1S/C14H23N7S2/c1-4-16-13(22)20-18-10(3)12(11-7-6-8-15-9-11)19-21-14(23)17-5-2/h6-9,14,17,21,23H,4-5H2,1-3H3,(H2,16,20,22)/b18-10+,19-12+. The predicted octanol–water partition coefficient (Wildman–Crippen LogP) is 1.06. The summed E-state index contributed by atoms with van der Waals surface area (Å²) in [5.74, 6) is 0. The van der Waals surface area contributed by atoms with E-state index in [9.17, 15) is 0 Å². The Balaban J connectivity index is 2.93. The molecule has 0 aliphatic carbocycles. The van der Waals surface area contributed by atoms with Gasteiger partial charge < -0.3 is 5.32 Å². The van der Waals surface area contributed by atoms with Gasteiger partial charge in [-0.2, -0.15) is 10.2 Å². The maximum absolute atomic E-state index is 5.10. The lowest BCUT2D eigenvalue weighted by Crippen LogP contribution is -2.36. The Labute approximate surface area is 147 Å². The molecule has 0 radical (unpaired) electrons. The van der Waals surface area contributed by atoms with Crippen molar-refractivity contribution in [3.63, 3.8) is 0 Å². The quantitative estimate of drug-likeness (QED) is 0.158. The predicted molar refractivity (Wildman–Crippen MR) is 103 cm³/mol. The van der Waals surface area contributed by atoms with Crippen LogP contribution in [0.1, 0.15) is 26.3 Å². The number of rotatable bonds is 8. The van der Waals surface area contributed by atoms with Crippen molar-refractivity contribution in [1.29, 1.82) is 0 Å². The second-order valence-electron chi connectivity index (χ2n) is 4.46. The van der Waals surface area contributed by atoms with Gasteiger partial charge in [-0.15, -0.1) is 12.6 Å². The summed E-state index contributed by atoms with van der Waals surface area (Å²) in [6, 6.07) is 3.76. The fourth-order valence-electron chi connectivity index (χ4n) is 1.61. The van der Waals surface area contributed by atoms with E-state index >= 15 is 0 Å². The molecule has 1 atom stereocenters. The van der Waals surface area contributed by atoms with Crippen LogP contribution in [0, 0.1) is 0 Å². The number of aromatic nitrogens is 1. The monoisotopic (exact) mass is 353 g/mol. The first-order chi connectivity index (χ1) is 11.1. The molecule has 0 spiro atoms. The van der Waals surface area contributed by atoms with Crippen molar-refractivity contribution in [1.82, 2.24) is 26.5 Å². The largest absolute Gasteiger partial charge is 0.362 e. The normalized spacial score (nSPS) is 13.4. The molecule has 126 valence electrons. The highest BCUT2D eigenvalue weighted by molar-refractivity contribution is 7.80. The topological polar surface area (TPSA) is 85.7 Å². The first-order valence-corrected chi connectivity index (χ1v) is 8.24. The Morgan fingerprint density at radius 3 is 2.74 bits per heavy atom. The van der Waals surface area contributed by atoms with Crippen LogP contribution in [0.4, 0.5) is 0 Å². The minimum absolute atomic E-state index is 0.254. The minimum atomic E-state index is -0.254. The fraction of sp³-hybridized carbons (Fsp3) is 0.429. The molecular weight excluding hydrogens is 330 g/mol. The van der Waals surface area contributed by atoms with Gasteiger partial charge >= 0.3 is 0 Å². The summed E-state index contributed by atoms with van der Waals surface area (Å²) in [7, 11) is 0. The Bertz CT molecular complexity index is 545. The third-order valence-electron chi connectivity index (χ3n) is 2.64. The highest BCUT2D eigenvalue weighted by atomic mass is 32.1. The summed E-state index contributed by atoms with van der Waals surface area (Å²) < 4.78 is 0. The van der Waals surface area contributed by atoms with E-state index in [1.807, 2.05) is 32.9 Å². The molecule has 1 unspecified atom stereocenters. The average molecular weight is 354 g/mol. The van der Waals surface area contributed by atoms with Crippen molar-refractivity contribution in [2.24, 2.45) is 10.2 Å². The van der Waals surface area contributed by atoms with Gasteiger partial charge in [0.15, 0.2) is 5.11 Å². The number of nitrogens with one attached hydrogen (secondary N) is 4. The number of thiocarbonyl (C=S) groups is 1. The van der Waals surface area contributed by atoms with Crippen LogP contribution in [0.3, 0.4) is 0 Å². The van der Waals surface area contributed by atoms with Crippen molar-refractivity contribution in [3.8, 4) is 0 Å². The highest BCUT2D eigenvalue weighted by Gasteiger charge is 2.09. The second kappa shape index (κ2) is 10.9. The van der Waals surface area contributed by atoms with Crippen LogP contribution in [0.5, 0.6) is 0 Å². The zero-order valence-corrected chi connectivity index (χ0v) is 15.2. The van der Waals surface area contributed by atoms with Gasteiger partial charge in [0.05, 0.1) is 5.71 Å². The number of nitrogens with zero attached hydrogens (tertiary/aromatic N) is 3. The molecule has 1 heterocycles. The number of pyridine rings is 1. The van der Waals surface area contributed by atoms with E-state index in [0.717, 1.165) is 18.7 Å². The molecule has 0 aromatic carbocycles. The van der Waals surface area contributed by atoms with Gasteiger partial charge in [-0.25, -0.2) is 0 Å². The molecule has 1 aromatic heterocycles. The van der Waals surface area contributed by atoms with E-state index in [-0.39, 0.29) is 5.50 Å². The Hall–Kier alpha value is -1.71. The lowest BCUT2D eigenvalue weighted by atomic mass is 10.1. The van der Waals surface area contributed by atoms with Crippen LogP contribution in [0.25, 0.3) is 0 Å². The molecule has 0 aliphatic heterocycles. The number of thiol groups is 1. The van der Waals surface area contributed by atoms with Crippen LogP contribution in [-0.2, 0) is 0 Å². The van der Waals surface area contributed by atoms with Gasteiger partial charge in [-0.05, 0) is 44.7 Å². The molecule has 0 amide bonds. The van der Waals surface area contributed by atoms with Gasteiger partial charge in [0.25, 0.3) is 0 Å². The van der Waals surface area contributed by atoms with Crippen molar-refractivity contribution in [2.45, 2.75) is 26.3 Å². The van der Waals surface area contributed by atoms with E-state index in [0.29, 0.717) is 16.5 Å². The maximum Gasteiger partial charge on any atom is 0.186 e. The second-order valence-corrected chi connectivity index (χ2v) is 5.38. The average Bonchev–Trinajstić information content (AvgIpc) is 2.54. The van der Waals surface area contributed by atoms with Crippen molar-refractivity contribution >= 4 is 41.4 Å². The molecule has 0 saturated carbocycles. The maximum atomic E-state index is 5.10. The van der Waals surface area contributed by atoms with Gasteiger partial charge in [0.1, 0.15) is 11.2 Å². The minimum Gasteiger partial charge on any atom is -0.362 e. The molecular formula is C14H23N7S2. The summed E-state index contributed by atoms with van der Waals surface area (Å²) >= 11 is 9.44. The third kappa shape index (κ3) is 7.40. The summed E-state index contributed by atoms with van der Waals surface area (Å²) in [5.41, 5.74) is 7.63. The van der Waals surface area contributed by atoms with Crippen molar-refractivity contribution < 1.29 is 0 Å². The van der Waals surface area contributed by atoms with E-state index in [4.69, 9.17) is 12.2 Å². The van der Waals surface area contributed by atoms with Gasteiger partial charge in [-0.1, -0.05) is 6.92 Å². The lowest BCUT2D eigenvalue weighted by molar-refractivity contribution is 0.582. The summed E-state index contributed by atoms with van der Waals surface area (Å²) in [5, 5.41) is 15.2.